The molecule has 2 heterocycles. The number of amides is 1. The molecule has 0 aliphatic carbocycles. The lowest BCUT2D eigenvalue weighted by molar-refractivity contribution is -0.306. The lowest BCUT2D eigenvalue weighted by Gasteiger charge is -2.17. The van der Waals surface area contributed by atoms with Gasteiger partial charge in [-0.05, 0) is 24.1 Å². The highest BCUT2D eigenvalue weighted by Crippen LogP contribution is 2.30. The van der Waals surface area contributed by atoms with Crippen LogP contribution in [-0.4, -0.2) is 39.4 Å². The van der Waals surface area contributed by atoms with Crippen molar-refractivity contribution in [1.29, 1.82) is 0 Å². The summed E-state index contributed by atoms with van der Waals surface area (Å²) in [6.45, 7) is 0.951. The molecule has 0 bridgehead atoms. The minimum absolute atomic E-state index is 0.0861. The zero-order valence-corrected chi connectivity index (χ0v) is 14.9. The van der Waals surface area contributed by atoms with Crippen LogP contribution in [0, 0.1) is 0 Å². The fourth-order valence-electron chi connectivity index (χ4n) is 3.77. The highest BCUT2D eigenvalue weighted by molar-refractivity contribution is 5.81. The summed E-state index contributed by atoms with van der Waals surface area (Å²) in [6, 6.07) is 17.5. The van der Waals surface area contributed by atoms with Crippen molar-refractivity contribution in [3.8, 4) is 0 Å². The van der Waals surface area contributed by atoms with Crippen LogP contribution in [-0.2, 0) is 22.6 Å². The average molecular weight is 362 g/mol. The summed E-state index contributed by atoms with van der Waals surface area (Å²) < 4.78 is 1.67. The van der Waals surface area contributed by atoms with Gasteiger partial charge in [-0.3, -0.25) is 4.79 Å². The van der Waals surface area contributed by atoms with Gasteiger partial charge >= 0.3 is 0 Å². The fraction of sp³-hybridized carbons (Fsp3) is 0.286. The van der Waals surface area contributed by atoms with Crippen LogP contribution >= 0.6 is 0 Å². The molecule has 1 aliphatic heterocycles. The summed E-state index contributed by atoms with van der Waals surface area (Å²) in [4.78, 5) is 30.2. The van der Waals surface area contributed by atoms with Gasteiger partial charge in [-0.25, -0.2) is 4.98 Å². The first-order valence-corrected chi connectivity index (χ1v) is 9.08. The lowest BCUT2D eigenvalue weighted by atomic mass is 10.1. The molecule has 6 heteroatoms. The van der Waals surface area contributed by atoms with Gasteiger partial charge in [-0.1, -0.05) is 42.5 Å². The second-order valence-electron chi connectivity index (χ2n) is 6.89. The first kappa shape index (κ1) is 17.3. The number of aromatic nitrogens is 2. The summed E-state index contributed by atoms with van der Waals surface area (Å²) in [7, 11) is 0. The van der Waals surface area contributed by atoms with E-state index in [-0.39, 0.29) is 18.4 Å². The van der Waals surface area contributed by atoms with Crippen molar-refractivity contribution < 1.29 is 14.7 Å². The standard InChI is InChI=1S/C21H21N3O3/c25-19-12-16(13-23(19)11-10-15-6-2-1-3-7-15)21-22-17-8-4-5-9-18(17)24(21)14-20(26)27/h1-9,16H,10-14H2,(H,26,27)/p-1. The van der Waals surface area contributed by atoms with Crippen molar-refractivity contribution in [2.45, 2.75) is 25.3 Å². The van der Waals surface area contributed by atoms with Crippen LogP contribution in [0.3, 0.4) is 0 Å². The number of rotatable bonds is 6. The van der Waals surface area contributed by atoms with E-state index < -0.39 is 5.97 Å². The third-order valence-corrected chi connectivity index (χ3v) is 5.06. The van der Waals surface area contributed by atoms with Crippen molar-refractivity contribution in [3.05, 3.63) is 66.0 Å². The molecular weight excluding hydrogens is 342 g/mol. The zero-order chi connectivity index (χ0) is 18.8. The molecule has 0 N–H and O–H groups in total. The Kier molecular flexibility index (Phi) is 4.62. The first-order valence-electron chi connectivity index (χ1n) is 9.08. The minimum Gasteiger partial charge on any atom is -0.548 e. The van der Waals surface area contributed by atoms with Crippen LogP contribution in [0.1, 0.15) is 23.7 Å². The summed E-state index contributed by atoms with van der Waals surface area (Å²) in [5, 5.41) is 11.2. The Morgan fingerprint density at radius 2 is 1.85 bits per heavy atom. The number of nitrogens with zero attached hydrogens (tertiary/aromatic N) is 3. The van der Waals surface area contributed by atoms with Gasteiger partial charge in [0.15, 0.2) is 0 Å². The molecule has 0 spiro atoms. The number of hydrogen-bond acceptors (Lipinski definition) is 4. The highest BCUT2D eigenvalue weighted by atomic mass is 16.4. The molecule has 1 saturated heterocycles. The van der Waals surface area contributed by atoms with E-state index in [2.05, 4.69) is 17.1 Å². The van der Waals surface area contributed by atoms with E-state index >= 15 is 0 Å². The largest absolute Gasteiger partial charge is 0.548 e. The summed E-state index contributed by atoms with van der Waals surface area (Å²) in [6.07, 6.45) is 1.15. The van der Waals surface area contributed by atoms with Gasteiger partial charge in [0.2, 0.25) is 5.91 Å². The van der Waals surface area contributed by atoms with E-state index in [1.807, 2.05) is 47.4 Å². The maximum absolute atomic E-state index is 12.5. The van der Waals surface area contributed by atoms with Crippen LogP contribution in [0.5, 0.6) is 0 Å². The van der Waals surface area contributed by atoms with E-state index in [1.54, 1.807) is 4.57 Å². The quantitative estimate of drug-likeness (QED) is 0.663. The molecule has 138 valence electrons. The van der Waals surface area contributed by atoms with E-state index in [0.717, 1.165) is 17.5 Å². The molecule has 1 atom stereocenters. The number of benzene rings is 2. The number of fused-ring (bicyclic) bond motifs is 1. The van der Waals surface area contributed by atoms with Gasteiger partial charge in [0, 0.05) is 25.4 Å². The Morgan fingerprint density at radius 1 is 1.11 bits per heavy atom. The number of carboxylic acids is 1. The van der Waals surface area contributed by atoms with Crippen molar-refractivity contribution in [2.24, 2.45) is 0 Å². The molecule has 6 nitrogen and oxygen atoms in total. The Hall–Kier alpha value is -3.15. The topological polar surface area (TPSA) is 78.3 Å². The van der Waals surface area contributed by atoms with Crippen LogP contribution in [0.25, 0.3) is 11.0 Å². The zero-order valence-electron chi connectivity index (χ0n) is 14.9. The molecule has 3 aromatic rings. The summed E-state index contributed by atoms with van der Waals surface area (Å²) in [5.74, 6) is -0.538. The smallest absolute Gasteiger partial charge is 0.223 e. The fourth-order valence-corrected chi connectivity index (χ4v) is 3.77. The number of carbonyl (C=O) groups excluding carboxylic acids is 2. The Morgan fingerprint density at radius 3 is 2.63 bits per heavy atom. The van der Waals surface area contributed by atoms with E-state index in [0.29, 0.717) is 25.3 Å². The maximum atomic E-state index is 12.5. The molecule has 1 aromatic heterocycles. The Bertz CT molecular complexity index is 981. The predicted octanol–water partition coefficient (Wildman–Crippen LogP) is 1.34. The molecular formula is C21H20N3O3-. The van der Waals surface area contributed by atoms with Crippen molar-refractivity contribution in [1.82, 2.24) is 14.5 Å². The number of para-hydroxylation sites is 2. The average Bonchev–Trinajstić information content (AvgIpc) is 3.21. The number of imidazole rings is 1. The lowest BCUT2D eigenvalue weighted by Crippen LogP contribution is -2.29. The van der Waals surface area contributed by atoms with Crippen LogP contribution < -0.4 is 5.11 Å². The van der Waals surface area contributed by atoms with Gasteiger partial charge in [0.1, 0.15) is 5.82 Å². The summed E-state index contributed by atoms with van der Waals surface area (Å²) >= 11 is 0. The normalized spacial score (nSPS) is 17.0. The Balaban J connectivity index is 1.55. The van der Waals surface area contributed by atoms with Gasteiger partial charge in [-0.15, -0.1) is 0 Å². The molecule has 27 heavy (non-hydrogen) atoms. The number of carbonyl (C=O) groups is 2. The number of carboxylic acid groups (broad SMARTS) is 1. The van der Waals surface area contributed by atoms with E-state index in [4.69, 9.17) is 0 Å². The molecule has 4 rings (SSSR count). The molecule has 0 saturated carbocycles. The number of likely N-dealkylation sites (tertiary alicyclic amines) is 1. The van der Waals surface area contributed by atoms with Crippen molar-refractivity contribution in [2.75, 3.05) is 13.1 Å². The number of aliphatic carboxylic acids is 1. The van der Waals surface area contributed by atoms with Gasteiger partial charge in [-0.2, -0.15) is 0 Å². The Labute approximate surface area is 157 Å². The molecule has 0 radical (unpaired) electrons. The van der Waals surface area contributed by atoms with Crippen LogP contribution in [0.15, 0.2) is 54.6 Å². The monoisotopic (exact) mass is 362 g/mol. The van der Waals surface area contributed by atoms with E-state index in [9.17, 15) is 14.7 Å². The third-order valence-electron chi connectivity index (χ3n) is 5.06. The molecule has 1 aliphatic rings. The molecule has 1 amide bonds. The molecule has 1 unspecified atom stereocenters. The summed E-state index contributed by atoms with van der Waals surface area (Å²) in [5.41, 5.74) is 2.69. The third kappa shape index (κ3) is 3.56. The van der Waals surface area contributed by atoms with Gasteiger partial charge in [0.25, 0.3) is 0 Å². The van der Waals surface area contributed by atoms with Crippen molar-refractivity contribution >= 4 is 22.9 Å². The van der Waals surface area contributed by atoms with Crippen molar-refractivity contribution in [3.63, 3.8) is 0 Å². The highest BCUT2D eigenvalue weighted by Gasteiger charge is 2.33. The SMILES string of the molecule is O=C([O-])Cn1c(C2CC(=O)N(CCc3ccccc3)C2)nc2ccccc21. The second kappa shape index (κ2) is 7.23. The van der Waals surface area contributed by atoms with Gasteiger partial charge < -0.3 is 19.4 Å². The number of hydrogen-bond donors (Lipinski definition) is 0. The minimum atomic E-state index is -1.16. The van der Waals surface area contributed by atoms with Gasteiger partial charge in [0.05, 0.1) is 23.5 Å². The van der Waals surface area contributed by atoms with E-state index in [1.165, 1.54) is 5.56 Å². The van der Waals surface area contributed by atoms with Crippen LogP contribution in [0.2, 0.25) is 0 Å². The first-order chi connectivity index (χ1) is 13.1. The van der Waals surface area contributed by atoms with Crippen LogP contribution in [0.4, 0.5) is 0 Å². The maximum Gasteiger partial charge on any atom is 0.223 e. The predicted molar refractivity (Wildman–Crippen MR) is 98.8 cm³/mol. The second-order valence-corrected chi connectivity index (χ2v) is 6.89. The molecule has 2 aromatic carbocycles. The molecule has 1 fully saturated rings.